The van der Waals surface area contributed by atoms with Gasteiger partial charge in [0.05, 0.1) is 16.2 Å². The second kappa shape index (κ2) is 7.46. The Hall–Kier alpha value is -4.16. The molecule has 29 heavy (non-hydrogen) atoms. The van der Waals surface area contributed by atoms with Crippen LogP contribution in [0.3, 0.4) is 0 Å². The number of anilines is 2. The molecule has 2 aromatic heterocycles. The van der Waals surface area contributed by atoms with E-state index >= 15 is 0 Å². The standard InChI is InChI=1S/C16H11F3N8O2/c17-16(18,19)10-7-9(27(28)29)1-2-11(10)25-26-12-13(20)23-15(24-14(12)21)8-3-5-22-6-4-8/h1-7H,(H4,20,21,23,24). The van der Waals surface area contributed by atoms with Gasteiger partial charge in [0.15, 0.2) is 23.1 Å². The Morgan fingerprint density at radius 2 is 1.62 bits per heavy atom. The molecule has 0 unspecified atom stereocenters. The average molecular weight is 404 g/mol. The highest BCUT2D eigenvalue weighted by molar-refractivity contribution is 5.73. The van der Waals surface area contributed by atoms with Crippen LogP contribution in [0, 0.1) is 10.1 Å². The van der Waals surface area contributed by atoms with Crippen molar-refractivity contribution in [3.8, 4) is 11.4 Å². The van der Waals surface area contributed by atoms with Crippen LogP contribution in [0.1, 0.15) is 5.56 Å². The van der Waals surface area contributed by atoms with Crippen molar-refractivity contribution >= 4 is 28.7 Å². The van der Waals surface area contributed by atoms with E-state index in [9.17, 15) is 23.3 Å². The van der Waals surface area contributed by atoms with Gasteiger partial charge < -0.3 is 11.5 Å². The summed E-state index contributed by atoms with van der Waals surface area (Å²) in [6, 6.07) is 5.29. The van der Waals surface area contributed by atoms with Gasteiger partial charge in [-0.15, -0.1) is 10.2 Å². The summed E-state index contributed by atoms with van der Waals surface area (Å²) in [5.74, 6) is -0.236. The molecule has 1 aromatic carbocycles. The summed E-state index contributed by atoms with van der Waals surface area (Å²) >= 11 is 0. The highest BCUT2D eigenvalue weighted by atomic mass is 19.4. The minimum absolute atomic E-state index is 0.174. The topological polar surface area (TPSA) is 159 Å². The number of aromatic nitrogens is 3. The van der Waals surface area contributed by atoms with Crippen molar-refractivity contribution in [1.29, 1.82) is 0 Å². The Morgan fingerprint density at radius 3 is 2.17 bits per heavy atom. The zero-order valence-electron chi connectivity index (χ0n) is 14.3. The molecule has 0 fully saturated rings. The Bertz CT molecular complexity index is 1080. The average Bonchev–Trinajstić information content (AvgIpc) is 2.67. The lowest BCUT2D eigenvalue weighted by atomic mass is 10.1. The summed E-state index contributed by atoms with van der Waals surface area (Å²) in [6.45, 7) is 0. The number of hydrogen-bond acceptors (Lipinski definition) is 9. The molecule has 13 heteroatoms. The maximum atomic E-state index is 13.2. The summed E-state index contributed by atoms with van der Waals surface area (Å²) < 4.78 is 39.6. The first-order valence-corrected chi connectivity index (χ1v) is 7.77. The molecule has 148 valence electrons. The van der Waals surface area contributed by atoms with Gasteiger partial charge in [-0.25, -0.2) is 9.97 Å². The molecule has 0 amide bonds. The first kappa shape index (κ1) is 19.6. The number of azo groups is 1. The minimum atomic E-state index is -4.89. The number of alkyl halides is 3. The summed E-state index contributed by atoms with van der Waals surface area (Å²) in [5, 5.41) is 17.9. The number of nitrogens with two attached hydrogens (primary N) is 2. The lowest BCUT2D eigenvalue weighted by Crippen LogP contribution is -2.06. The molecule has 0 bridgehead atoms. The van der Waals surface area contributed by atoms with Crippen LogP contribution in [0.2, 0.25) is 0 Å². The Morgan fingerprint density at radius 1 is 1.00 bits per heavy atom. The predicted molar refractivity (Wildman–Crippen MR) is 96.4 cm³/mol. The van der Waals surface area contributed by atoms with Crippen LogP contribution in [-0.4, -0.2) is 19.9 Å². The molecule has 2 heterocycles. The van der Waals surface area contributed by atoms with Gasteiger partial charge in [-0.2, -0.15) is 13.2 Å². The monoisotopic (exact) mass is 404 g/mol. The molecule has 0 aliphatic carbocycles. The van der Waals surface area contributed by atoms with Crippen molar-refractivity contribution < 1.29 is 18.1 Å². The van der Waals surface area contributed by atoms with E-state index in [0.717, 1.165) is 12.1 Å². The molecule has 3 rings (SSSR count). The number of nitro groups is 1. The zero-order chi connectivity index (χ0) is 21.2. The van der Waals surface area contributed by atoms with E-state index in [1.807, 2.05) is 0 Å². The number of hydrogen-bond donors (Lipinski definition) is 2. The number of pyridine rings is 1. The van der Waals surface area contributed by atoms with Crippen LogP contribution < -0.4 is 11.5 Å². The fourth-order valence-electron chi connectivity index (χ4n) is 2.28. The van der Waals surface area contributed by atoms with E-state index < -0.39 is 28.0 Å². The van der Waals surface area contributed by atoms with Gasteiger partial charge in [-0.05, 0) is 18.2 Å². The third kappa shape index (κ3) is 4.23. The Kier molecular flexibility index (Phi) is 5.04. The lowest BCUT2D eigenvalue weighted by Gasteiger charge is -2.09. The largest absolute Gasteiger partial charge is 0.418 e. The molecular weight excluding hydrogens is 393 g/mol. The zero-order valence-corrected chi connectivity index (χ0v) is 14.3. The van der Waals surface area contributed by atoms with Gasteiger partial charge in [-0.3, -0.25) is 15.1 Å². The maximum Gasteiger partial charge on any atom is 0.418 e. The minimum Gasteiger partial charge on any atom is -0.382 e. The van der Waals surface area contributed by atoms with Gasteiger partial charge in [0, 0.05) is 30.1 Å². The fourth-order valence-corrected chi connectivity index (χ4v) is 2.28. The molecule has 0 saturated heterocycles. The number of non-ortho nitro benzene ring substituents is 1. The first-order valence-electron chi connectivity index (χ1n) is 7.77. The van der Waals surface area contributed by atoms with Gasteiger partial charge in [-0.1, -0.05) is 0 Å². The number of halogens is 3. The number of benzene rings is 1. The van der Waals surface area contributed by atoms with Crippen molar-refractivity contribution in [3.05, 3.63) is 58.4 Å². The SMILES string of the molecule is Nc1nc(-c2ccncc2)nc(N)c1N=Nc1ccc([N+](=O)[O-])cc1C(F)(F)F. The van der Waals surface area contributed by atoms with Crippen LogP contribution in [0.4, 0.5) is 41.9 Å². The molecule has 10 nitrogen and oxygen atoms in total. The van der Waals surface area contributed by atoms with Crippen LogP contribution in [0.15, 0.2) is 53.0 Å². The predicted octanol–water partition coefficient (Wildman–Crippen LogP) is 4.05. The van der Waals surface area contributed by atoms with Crippen molar-refractivity contribution in [2.24, 2.45) is 10.2 Å². The molecule has 0 saturated carbocycles. The highest BCUT2D eigenvalue weighted by Gasteiger charge is 2.35. The van der Waals surface area contributed by atoms with E-state index in [-0.39, 0.29) is 23.1 Å². The summed E-state index contributed by atoms with van der Waals surface area (Å²) in [4.78, 5) is 21.7. The van der Waals surface area contributed by atoms with Crippen molar-refractivity contribution in [2.45, 2.75) is 6.18 Å². The fraction of sp³-hybridized carbons (Fsp3) is 0.0625. The molecule has 3 aromatic rings. The molecule has 4 N–H and O–H groups in total. The molecule has 0 aliphatic heterocycles. The second-order valence-corrected chi connectivity index (χ2v) is 5.56. The summed E-state index contributed by atoms with van der Waals surface area (Å²) in [5.41, 5.74) is 9.22. The van der Waals surface area contributed by atoms with Gasteiger partial charge in [0.25, 0.3) is 5.69 Å². The Balaban J connectivity index is 2.01. The quantitative estimate of drug-likeness (QED) is 0.377. The lowest BCUT2D eigenvalue weighted by molar-refractivity contribution is -0.385. The van der Waals surface area contributed by atoms with Gasteiger partial charge >= 0.3 is 6.18 Å². The highest BCUT2D eigenvalue weighted by Crippen LogP contribution is 2.39. The van der Waals surface area contributed by atoms with Crippen LogP contribution in [0.25, 0.3) is 11.4 Å². The van der Waals surface area contributed by atoms with Crippen LogP contribution in [0.5, 0.6) is 0 Å². The van der Waals surface area contributed by atoms with E-state index in [1.165, 1.54) is 12.4 Å². The normalized spacial score (nSPS) is 11.7. The van der Waals surface area contributed by atoms with Crippen LogP contribution >= 0.6 is 0 Å². The van der Waals surface area contributed by atoms with Gasteiger partial charge in [0.1, 0.15) is 0 Å². The van der Waals surface area contributed by atoms with Crippen LogP contribution in [-0.2, 0) is 6.18 Å². The third-order valence-electron chi connectivity index (χ3n) is 3.63. The van der Waals surface area contributed by atoms with E-state index in [1.54, 1.807) is 12.1 Å². The van der Waals surface area contributed by atoms with Crippen molar-refractivity contribution in [2.75, 3.05) is 11.5 Å². The van der Waals surface area contributed by atoms with E-state index in [2.05, 4.69) is 25.2 Å². The summed E-state index contributed by atoms with van der Waals surface area (Å²) in [7, 11) is 0. The van der Waals surface area contributed by atoms with E-state index in [0.29, 0.717) is 11.6 Å². The summed E-state index contributed by atoms with van der Waals surface area (Å²) in [6.07, 6.45) is -1.88. The second-order valence-electron chi connectivity index (χ2n) is 5.56. The van der Waals surface area contributed by atoms with Gasteiger partial charge in [0.2, 0.25) is 0 Å². The first-order chi connectivity index (χ1) is 13.7. The molecule has 0 radical (unpaired) electrons. The molecule has 0 aliphatic rings. The third-order valence-corrected chi connectivity index (χ3v) is 3.63. The molecular formula is C16H11F3N8O2. The number of nitrogen functional groups attached to an aromatic ring is 2. The Labute approximate surface area is 160 Å². The number of nitrogens with zero attached hydrogens (tertiary/aromatic N) is 6. The molecule has 0 atom stereocenters. The van der Waals surface area contributed by atoms with Crippen molar-refractivity contribution in [1.82, 2.24) is 15.0 Å². The maximum absolute atomic E-state index is 13.2. The molecule has 0 spiro atoms. The number of rotatable bonds is 4. The van der Waals surface area contributed by atoms with Crippen molar-refractivity contribution in [3.63, 3.8) is 0 Å². The number of nitro benzene ring substituents is 1. The smallest absolute Gasteiger partial charge is 0.382 e. The van der Waals surface area contributed by atoms with E-state index in [4.69, 9.17) is 11.5 Å².